The highest BCUT2D eigenvalue weighted by molar-refractivity contribution is 6.30. The highest BCUT2D eigenvalue weighted by Crippen LogP contribution is 2.26. The molecule has 0 aliphatic rings. The second-order valence-electron chi connectivity index (χ2n) is 7.30. The smallest absolute Gasteiger partial charge is 0.227 e. The maximum Gasteiger partial charge on any atom is 0.227 e. The molecule has 0 aliphatic carbocycles. The third-order valence-electron chi connectivity index (χ3n) is 4.80. The average Bonchev–Trinajstić information content (AvgIpc) is 3.20. The summed E-state index contributed by atoms with van der Waals surface area (Å²) in [6, 6.07) is 17.2. The van der Waals surface area contributed by atoms with Crippen LogP contribution < -0.4 is 10.6 Å². The summed E-state index contributed by atoms with van der Waals surface area (Å²) in [6.07, 6.45) is 3.26. The molecule has 0 aliphatic heterocycles. The van der Waals surface area contributed by atoms with Crippen LogP contribution in [0.3, 0.4) is 0 Å². The Kier molecular flexibility index (Phi) is 5.12. The van der Waals surface area contributed by atoms with E-state index in [1.54, 1.807) is 10.9 Å². The number of aromatic nitrogens is 6. The van der Waals surface area contributed by atoms with E-state index in [1.165, 1.54) is 6.33 Å². The van der Waals surface area contributed by atoms with Crippen LogP contribution in [0.2, 0.25) is 5.02 Å². The molecule has 3 heterocycles. The van der Waals surface area contributed by atoms with Crippen molar-refractivity contribution >= 4 is 45.8 Å². The molecule has 2 aromatic carbocycles. The van der Waals surface area contributed by atoms with Crippen LogP contribution in [-0.2, 0) is 0 Å². The second-order valence-corrected chi connectivity index (χ2v) is 7.73. The zero-order valence-electron chi connectivity index (χ0n) is 17.4. The molecule has 5 aromatic rings. The lowest BCUT2D eigenvalue weighted by Crippen LogP contribution is -2.01. The van der Waals surface area contributed by atoms with Crippen LogP contribution in [0.5, 0.6) is 0 Å². The molecule has 5 rings (SSSR count). The van der Waals surface area contributed by atoms with Gasteiger partial charge in [-0.05, 0) is 62.4 Å². The standard InChI is InChI=1S/C23H19ClN8/c1-14-10-15(2)29-23(28-14)31-18-8-6-17(7-9-18)30-21-20-12-27-32(22(20)26-13-25-21)19-5-3-4-16(24)11-19/h3-13H,1-2H3,(H,25,26,30)(H,28,29,31). The van der Waals surface area contributed by atoms with Crippen molar-refractivity contribution in [1.29, 1.82) is 0 Å². The molecule has 0 atom stereocenters. The minimum atomic E-state index is 0.578. The third-order valence-corrected chi connectivity index (χ3v) is 5.04. The van der Waals surface area contributed by atoms with Gasteiger partial charge in [0.1, 0.15) is 12.1 Å². The van der Waals surface area contributed by atoms with E-state index in [1.807, 2.05) is 68.4 Å². The zero-order chi connectivity index (χ0) is 22.1. The minimum absolute atomic E-state index is 0.578. The van der Waals surface area contributed by atoms with Crippen molar-refractivity contribution in [1.82, 2.24) is 29.7 Å². The molecule has 0 radical (unpaired) electrons. The Morgan fingerprint density at radius 3 is 2.28 bits per heavy atom. The average molecular weight is 443 g/mol. The summed E-state index contributed by atoms with van der Waals surface area (Å²) in [5.41, 5.74) is 5.14. The molecule has 0 saturated carbocycles. The molecule has 32 heavy (non-hydrogen) atoms. The fourth-order valence-corrected chi connectivity index (χ4v) is 3.61. The van der Waals surface area contributed by atoms with Gasteiger partial charge in [-0.2, -0.15) is 5.10 Å². The van der Waals surface area contributed by atoms with Crippen molar-refractivity contribution < 1.29 is 0 Å². The molecule has 0 bridgehead atoms. The largest absolute Gasteiger partial charge is 0.340 e. The van der Waals surface area contributed by atoms with Crippen molar-refractivity contribution in [2.24, 2.45) is 0 Å². The number of nitrogens with one attached hydrogen (secondary N) is 2. The molecule has 9 heteroatoms. The molecule has 0 fully saturated rings. The Morgan fingerprint density at radius 1 is 0.844 bits per heavy atom. The Morgan fingerprint density at radius 2 is 1.56 bits per heavy atom. The third kappa shape index (κ3) is 4.08. The first-order chi connectivity index (χ1) is 15.5. The van der Waals surface area contributed by atoms with Crippen molar-refractivity contribution in [2.75, 3.05) is 10.6 Å². The molecule has 158 valence electrons. The van der Waals surface area contributed by atoms with E-state index in [4.69, 9.17) is 11.6 Å². The van der Waals surface area contributed by atoms with Gasteiger partial charge in [-0.15, -0.1) is 0 Å². The van der Waals surface area contributed by atoms with Gasteiger partial charge in [0.2, 0.25) is 5.95 Å². The van der Waals surface area contributed by atoms with Gasteiger partial charge < -0.3 is 10.6 Å². The van der Waals surface area contributed by atoms with Crippen molar-refractivity contribution in [2.45, 2.75) is 13.8 Å². The van der Waals surface area contributed by atoms with Crippen LogP contribution >= 0.6 is 11.6 Å². The van der Waals surface area contributed by atoms with Gasteiger partial charge in [-0.3, -0.25) is 0 Å². The first-order valence-corrected chi connectivity index (χ1v) is 10.3. The maximum atomic E-state index is 6.13. The summed E-state index contributed by atoms with van der Waals surface area (Å²) in [4.78, 5) is 17.6. The van der Waals surface area contributed by atoms with E-state index in [9.17, 15) is 0 Å². The molecule has 2 N–H and O–H groups in total. The van der Waals surface area contributed by atoms with Crippen LogP contribution in [-0.4, -0.2) is 29.7 Å². The summed E-state index contributed by atoms with van der Waals surface area (Å²) in [5, 5.41) is 12.5. The summed E-state index contributed by atoms with van der Waals surface area (Å²) in [5.74, 6) is 1.25. The van der Waals surface area contributed by atoms with Gasteiger partial charge in [-0.25, -0.2) is 24.6 Å². The van der Waals surface area contributed by atoms with Crippen molar-refractivity contribution in [3.8, 4) is 5.69 Å². The van der Waals surface area contributed by atoms with Gasteiger partial charge in [0.05, 0.1) is 17.3 Å². The number of fused-ring (bicyclic) bond motifs is 1. The summed E-state index contributed by atoms with van der Waals surface area (Å²) >= 11 is 6.13. The monoisotopic (exact) mass is 442 g/mol. The number of benzene rings is 2. The lowest BCUT2D eigenvalue weighted by atomic mass is 10.2. The number of nitrogens with zero attached hydrogens (tertiary/aromatic N) is 6. The van der Waals surface area contributed by atoms with Gasteiger partial charge in [-0.1, -0.05) is 17.7 Å². The van der Waals surface area contributed by atoms with Crippen LogP contribution in [0.1, 0.15) is 11.4 Å². The van der Waals surface area contributed by atoms with E-state index in [-0.39, 0.29) is 0 Å². The van der Waals surface area contributed by atoms with Gasteiger partial charge in [0.25, 0.3) is 0 Å². The summed E-state index contributed by atoms with van der Waals surface area (Å²) < 4.78 is 1.74. The summed E-state index contributed by atoms with van der Waals surface area (Å²) in [6.45, 7) is 3.90. The fraction of sp³-hybridized carbons (Fsp3) is 0.0870. The van der Waals surface area contributed by atoms with Crippen LogP contribution in [0.15, 0.2) is 67.1 Å². The number of rotatable bonds is 5. The molecule has 0 amide bonds. The van der Waals surface area contributed by atoms with E-state index in [0.29, 0.717) is 22.4 Å². The van der Waals surface area contributed by atoms with E-state index < -0.39 is 0 Å². The first-order valence-electron chi connectivity index (χ1n) is 9.96. The number of anilines is 4. The predicted octanol–water partition coefficient (Wildman–Crippen LogP) is 5.36. The number of hydrogen-bond donors (Lipinski definition) is 2. The first kappa shape index (κ1) is 19.9. The lowest BCUT2D eigenvalue weighted by Gasteiger charge is -2.09. The molecule has 8 nitrogen and oxygen atoms in total. The van der Waals surface area contributed by atoms with Crippen molar-refractivity contribution in [3.63, 3.8) is 0 Å². The lowest BCUT2D eigenvalue weighted by molar-refractivity contribution is 0.895. The molecular formula is C23H19ClN8. The Labute approximate surface area is 189 Å². The minimum Gasteiger partial charge on any atom is -0.340 e. The Hall–Kier alpha value is -4.04. The zero-order valence-corrected chi connectivity index (χ0v) is 18.2. The quantitative estimate of drug-likeness (QED) is 0.378. The SMILES string of the molecule is Cc1cc(C)nc(Nc2ccc(Nc3ncnc4c3cnn4-c3cccc(Cl)c3)cc2)n1. The normalized spacial score (nSPS) is 11.0. The van der Waals surface area contributed by atoms with Gasteiger partial charge >= 0.3 is 0 Å². The maximum absolute atomic E-state index is 6.13. The van der Waals surface area contributed by atoms with E-state index in [0.717, 1.165) is 33.8 Å². The highest BCUT2D eigenvalue weighted by Gasteiger charge is 2.12. The highest BCUT2D eigenvalue weighted by atomic mass is 35.5. The van der Waals surface area contributed by atoms with Gasteiger partial charge in [0.15, 0.2) is 5.65 Å². The van der Waals surface area contributed by atoms with Crippen LogP contribution in [0, 0.1) is 13.8 Å². The number of hydrogen-bond acceptors (Lipinski definition) is 7. The van der Waals surface area contributed by atoms with Crippen LogP contribution in [0.25, 0.3) is 16.7 Å². The van der Waals surface area contributed by atoms with Gasteiger partial charge in [0, 0.05) is 27.8 Å². The Balaban J connectivity index is 1.39. The van der Waals surface area contributed by atoms with E-state index >= 15 is 0 Å². The topological polar surface area (TPSA) is 93.4 Å². The summed E-state index contributed by atoms with van der Waals surface area (Å²) in [7, 11) is 0. The molecular weight excluding hydrogens is 424 g/mol. The molecule has 0 spiro atoms. The molecule has 0 saturated heterocycles. The van der Waals surface area contributed by atoms with E-state index in [2.05, 4.69) is 35.7 Å². The number of halogens is 1. The number of aryl methyl sites for hydroxylation is 2. The predicted molar refractivity (Wildman–Crippen MR) is 126 cm³/mol. The van der Waals surface area contributed by atoms with Crippen LogP contribution in [0.4, 0.5) is 23.1 Å². The fourth-order valence-electron chi connectivity index (χ4n) is 3.43. The molecule has 3 aromatic heterocycles. The van der Waals surface area contributed by atoms with Crippen molar-refractivity contribution in [3.05, 3.63) is 83.5 Å². The molecule has 0 unspecified atom stereocenters. The Bertz CT molecular complexity index is 1390. The second kappa shape index (κ2) is 8.24.